The van der Waals surface area contributed by atoms with Crippen LogP contribution in [-0.2, 0) is 4.74 Å². The summed E-state index contributed by atoms with van der Waals surface area (Å²) in [5.41, 5.74) is 2.46. The minimum atomic E-state index is -0.0846. The van der Waals surface area contributed by atoms with E-state index in [-0.39, 0.29) is 6.23 Å². The van der Waals surface area contributed by atoms with E-state index in [2.05, 4.69) is 64.6 Å². The van der Waals surface area contributed by atoms with Gasteiger partial charge in [0, 0.05) is 18.1 Å². The quantitative estimate of drug-likeness (QED) is 0.786. The number of methoxy groups -OCH3 is 1. The van der Waals surface area contributed by atoms with Crippen LogP contribution in [0.1, 0.15) is 30.2 Å². The molecule has 2 nitrogen and oxygen atoms in total. The van der Waals surface area contributed by atoms with Gasteiger partial charge in [0.1, 0.15) is 6.23 Å². The maximum atomic E-state index is 5.55. The SMILES string of the molecule is COC(NCC(C)c1ccccc1)c1cccc(Br)c1. The van der Waals surface area contributed by atoms with Crippen LogP contribution >= 0.6 is 15.9 Å². The van der Waals surface area contributed by atoms with E-state index in [1.54, 1.807) is 7.11 Å². The molecular weight excluding hydrogens is 314 g/mol. The summed E-state index contributed by atoms with van der Waals surface area (Å²) in [5.74, 6) is 0.445. The summed E-state index contributed by atoms with van der Waals surface area (Å²) in [6.45, 7) is 3.09. The van der Waals surface area contributed by atoms with E-state index < -0.39 is 0 Å². The lowest BCUT2D eigenvalue weighted by Crippen LogP contribution is -2.26. The van der Waals surface area contributed by atoms with Gasteiger partial charge in [0.2, 0.25) is 0 Å². The molecule has 0 saturated heterocycles. The average Bonchev–Trinajstić information content (AvgIpc) is 2.48. The van der Waals surface area contributed by atoms with Crippen LogP contribution < -0.4 is 5.32 Å². The van der Waals surface area contributed by atoms with E-state index in [0.29, 0.717) is 5.92 Å². The Hall–Kier alpha value is -1.16. The molecule has 2 aromatic rings. The van der Waals surface area contributed by atoms with Gasteiger partial charge in [-0.2, -0.15) is 0 Å². The second kappa shape index (κ2) is 7.58. The van der Waals surface area contributed by atoms with E-state index in [9.17, 15) is 0 Å². The first-order valence-electron chi connectivity index (χ1n) is 6.77. The number of hydrogen-bond donors (Lipinski definition) is 1. The van der Waals surface area contributed by atoms with Gasteiger partial charge in [-0.15, -0.1) is 0 Å². The first-order valence-corrected chi connectivity index (χ1v) is 7.56. The van der Waals surface area contributed by atoms with Crippen molar-refractivity contribution in [3.05, 3.63) is 70.2 Å². The minimum Gasteiger partial charge on any atom is -0.362 e. The highest BCUT2D eigenvalue weighted by Gasteiger charge is 2.12. The fourth-order valence-corrected chi connectivity index (χ4v) is 2.61. The normalized spacial score (nSPS) is 13.9. The van der Waals surface area contributed by atoms with Gasteiger partial charge in [-0.25, -0.2) is 0 Å². The van der Waals surface area contributed by atoms with E-state index >= 15 is 0 Å². The summed E-state index contributed by atoms with van der Waals surface area (Å²) in [6.07, 6.45) is -0.0846. The van der Waals surface area contributed by atoms with E-state index in [1.165, 1.54) is 5.56 Å². The third-order valence-corrected chi connectivity index (χ3v) is 3.86. The third-order valence-electron chi connectivity index (χ3n) is 3.37. The Bertz CT molecular complexity index is 530. The summed E-state index contributed by atoms with van der Waals surface area (Å²) >= 11 is 3.49. The van der Waals surface area contributed by atoms with Crippen LogP contribution in [-0.4, -0.2) is 13.7 Å². The molecule has 2 aromatic carbocycles. The maximum absolute atomic E-state index is 5.55. The Balaban J connectivity index is 1.97. The molecule has 2 unspecified atom stereocenters. The van der Waals surface area contributed by atoms with Crippen LogP contribution in [0.3, 0.4) is 0 Å². The van der Waals surface area contributed by atoms with Crippen LogP contribution in [0.2, 0.25) is 0 Å². The first-order chi connectivity index (χ1) is 9.70. The second-order valence-corrected chi connectivity index (χ2v) is 5.81. The standard InChI is InChI=1S/C17H20BrNO/c1-13(14-7-4-3-5-8-14)12-19-17(20-2)15-9-6-10-16(18)11-15/h3-11,13,17,19H,12H2,1-2H3. The van der Waals surface area contributed by atoms with Crippen molar-refractivity contribution < 1.29 is 4.74 Å². The first kappa shape index (κ1) is 15.2. The van der Waals surface area contributed by atoms with Gasteiger partial charge < -0.3 is 4.74 Å². The highest BCUT2D eigenvalue weighted by molar-refractivity contribution is 9.10. The monoisotopic (exact) mass is 333 g/mol. The Morgan fingerprint density at radius 3 is 2.40 bits per heavy atom. The summed E-state index contributed by atoms with van der Waals surface area (Å²) in [6, 6.07) is 18.7. The van der Waals surface area contributed by atoms with Crippen molar-refractivity contribution in [2.24, 2.45) is 0 Å². The molecule has 0 aliphatic carbocycles. The zero-order valence-corrected chi connectivity index (χ0v) is 13.4. The molecule has 0 aliphatic heterocycles. The molecule has 1 N–H and O–H groups in total. The molecule has 2 atom stereocenters. The van der Waals surface area contributed by atoms with Crippen LogP contribution in [0.5, 0.6) is 0 Å². The Morgan fingerprint density at radius 2 is 1.75 bits per heavy atom. The molecule has 0 aliphatic rings. The lowest BCUT2D eigenvalue weighted by molar-refractivity contribution is 0.0727. The van der Waals surface area contributed by atoms with Gasteiger partial charge in [0.05, 0.1) is 0 Å². The Morgan fingerprint density at radius 1 is 1.05 bits per heavy atom. The van der Waals surface area contributed by atoms with Gasteiger partial charge in [-0.05, 0) is 29.2 Å². The Kier molecular flexibility index (Phi) is 5.77. The highest BCUT2D eigenvalue weighted by Crippen LogP contribution is 2.20. The molecule has 0 spiro atoms. The molecule has 0 fully saturated rings. The zero-order chi connectivity index (χ0) is 14.4. The summed E-state index contributed by atoms with van der Waals surface area (Å²) in [7, 11) is 1.73. The fraction of sp³-hybridized carbons (Fsp3) is 0.294. The van der Waals surface area contributed by atoms with Crippen molar-refractivity contribution >= 4 is 15.9 Å². The molecule has 0 saturated carbocycles. The smallest absolute Gasteiger partial charge is 0.133 e. The van der Waals surface area contributed by atoms with E-state index in [1.807, 2.05) is 18.2 Å². The Labute approximate surface area is 129 Å². The number of nitrogens with one attached hydrogen (secondary N) is 1. The predicted octanol–water partition coefficient (Wildman–Crippen LogP) is 4.49. The van der Waals surface area contributed by atoms with Crippen LogP contribution in [0.15, 0.2) is 59.1 Å². The van der Waals surface area contributed by atoms with E-state index in [4.69, 9.17) is 4.74 Å². The molecule has 0 bridgehead atoms. The lowest BCUT2D eigenvalue weighted by Gasteiger charge is -2.21. The van der Waals surface area contributed by atoms with Crippen molar-refractivity contribution in [3.63, 3.8) is 0 Å². The predicted molar refractivity (Wildman–Crippen MR) is 86.8 cm³/mol. The fourth-order valence-electron chi connectivity index (χ4n) is 2.19. The van der Waals surface area contributed by atoms with Gasteiger partial charge in [-0.1, -0.05) is 65.3 Å². The summed E-state index contributed by atoms with van der Waals surface area (Å²) in [5, 5.41) is 3.47. The van der Waals surface area contributed by atoms with Crippen molar-refractivity contribution in [2.45, 2.75) is 19.1 Å². The van der Waals surface area contributed by atoms with Crippen LogP contribution in [0.4, 0.5) is 0 Å². The zero-order valence-electron chi connectivity index (χ0n) is 11.8. The van der Waals surface area contributed by atoms with Gasteiger partial charge in [-0.3, -0.25) is 5.32 Å². The summed E-state index contributed by atoms with van der Waals surface area (Å²) < 4.78 is 6.61. The van der Waals surface area contributed by atoms with Crippen molar-refractivity contribution in [1.82, 2.24) is 5.32 Å². The second-order valence-electron chi connectivity index (χ2n) is 4.89. The summed E-state index contributed by atoms with van der Waals surface area (Å²) in [4.78, 5) is 0. The van der Waals surface area contributed by atoms with Gasteiger partial charge in [0.15, 0.2) is 0 Å². The van der Waals surface area contributed by atoms with Crippen molar-refractivity contribution in [3.8, 4) is 0 Å². The number of hydrogen-bond acceptors (Lipinski definition) is 2. The van der Waals surface area contributed by atoms with Crippen LogP contribution in [0, 0.1) is 0 Å². The maximum Gasteiger partial charge on any atom is 0.133 e. The highest BCUT2D eigenvalue weighted by atomic mass is 79.9. The number of benzene rings is 2. The molecule has 0 radical (unpaired) electrons. The molecule has 106 valence electrons. The number of ether oxygens (including phenoxy) is 1. The number of rotatable bonds is 6. The average molecular weight is 334 g/mol. The molecule has 0 heterocycles. The molecule has 2 rings (SSSR count). The van der Waals surface area contributed by atoms with E-state index in [0.717, 1.165) is 16.6 Å². The molecule has 0 aromatic heterocycles. The molecule has 20 heavy (non-hydrogen) atoms. The van der Waals surface area contributed by atoms with Crippen LogP contribution in [0.25, 0.3) is 0 Å². The minimum absolute atomic E-state index is 0.0846. The molecule has 3 heteroatoms. The van der Waals surface area contributed by atoms with Gasteiger partial charge >= 0.3 is 0 Å². The third kappa shape index (κ3) is 4.17. The molecule has 0 amide bonds. The number of halogens is 1. The topological polar surface area (TPSA) is 21.3 Å². The van der Waals surface area contributed by atoms with Gasteiger partial charge in [0.25, 0.3) is 0 Å². The molecular formula is C17H20BrNO. The van der Waals surface area contributed by atoms with Crippen molar-refractivity contribution in [1.29, 1.82) is 0 Å². The van der Waals surface area contributed by atoms with Crippen molar-refractivity contribution in [2.75, 3.05) is 13.7 Å². The lowest BCUT2D eigenvalue weighted by atomic mass is 10.0. The largest absolute Gasteiger partial charge is 0.362 e.